The predicted molar refractivity (Wildman–Crippen MR) is 130 cm³/mol. The van der Waals surface area contributed by atoms with E-state index >= 15 is 0 Å². The smallest absolute Gasteiger partial charge is 0.227 e. The fraction of sp³-hybridized carbons (Fsp3) is 0.407. The summed E-state index contributed by atoms with van der Waals surface area (Å²) in [5.41, 5.74) is 2.01. The van der Waals surface area contributed by atoms with Gasteiger partial charge in [-0.2, -0.15) is 0 Å². The molecule has 178 valence electrons. The van der Waals surface area contributed by atoms with Crippen LogP contribution < -0.4 is 19.5 Å². The number of pyridine rings is 1. The van der Waals surface area contributed by atoms with E-state index in [2.05, 4.69) is 16.4 Å². The minimum Gasteiger partial charge on any atom is -0.495 e. The van der Waals surface area contributed by atoms with Crippen LogP contribution in [0.2, 0.25) is 0 Å². The Morgan fingerprint density at radius 1 is 1.15 bits per heavy atom. The fourth-order valence-electron chi connectivity index (χ4n) is 4.92. The van der Waals surface area contributed by atoms with E-state index in [-0.39, 0.29) is 11.8 Å². The fourth-order valence-corrected chi connectivity index (χ4v) is 4.92. The third-order valence-corrected chi connectivity index (χ3v) is 6.98. The predicted octanol–water partition coefficient (Wildman–Crippen LogP) is 4.51. The van der Waals surface area contributed by atoms with Crippen LogP contribution in [0, 0.1) is 5.92 Å². The van der Waals surface area contributed by atoms with E-state index in [0.29, 0.717) is 62.5 Å². The maximum Gasteiger partial charge on any atom is 0.227 e. The largest absolute Gasteiger partial charge is 0.495 e. The molecule has 1 aliphatic carbocycles. The quantitative estimate of drug-likeness (QED) is 0.560. The molecule has 1 aromatic heterocycles. The number of anilines is 1. The second-order valence-electron chi connectivity index (χ2n) is 9.21. The number of rotatable bonds is 6. The average Bonchev–Trinajstić information content (AvgIpc) is 2.87. The molecule has 5 rings (SSSR count). The number of fused-ring (bicyclic) bond motifs is 2. The van der Waals surface area contributed by atoms with Gasteiger partial charge in [0.25, 0.3) is 0 Å². The maximum absolute atomic E-state index is 12.8. The Hall–Kier alpha value is -3.32. The van der Waals surface area contributed by atoms with Crippen molar-refractivity contribution in [1.82, 2.24) is 4.98 Å². The number of nitrogens with one attached hydrogen (secondary N) is 1. The molecule has 1 saturated carbocycles. The number of benzene rings is 2. The molecule has 2 aliphatic rings. The first-order valence-corrected chi connectivity index (χ1v) is 11.9. The molecule has 2 N–H and O–H groups in total. The zero-order chi connectivity index (χ0) is 23.5. The molecule has 0 unspecified atom stereocenters. The second kappa shape index (κ2) is 9.50. The molecular formula is C27H30N2O5. The molecule has 0 radical (unpaired) electrons. The van der Waals surface area contributed by atoms with Crippen molar-refractivity contribution < 1.29 is 24.1 Å². The molecule has 1 amide bonds. The summed E-state index contributed by atoms with van der Waals surface area (Å²) >= 11 is 0. The molecule has 34 heavy (non-hydrogen) atoms. The minimum atomic E-state index is -0.762. The van der Waals surface area contributed by atoms with Gasteiger partial charge in [0.15, 0.2) is 11.5 Å². The van der Waals surface area contributed by atoms with Crippen molar-refractivity contribution in [2.75, 3.05) is 25.6 Å². The number of methoxy groups -OCH3 is 1. The van der Waals surface area contributed by atoms with E-state index < -0.39 is 5.60 Å². The molecule has 1 fully saturated rings. The van der Waals surface area contributed by atoms with Gasteiger partial charge in [-0.15, -0.1) is 0 Å². The van der Waals surface area contributed by atoms with Crippen molar-refractivity contribution in [2.45, 2.75) is 44.1 Å². The van der Waals surface area contributed by atoms with Gasteiger partial charge in [0, 0.05) is 23.1 Å². The molecule has 1 aliphatic heterocycles. The first-order chi connectivity index (χ1) is 16.5. The van der Waals surface area contributed by atoms with Gasteiger partial charge in [0.1, 0.15) is 19.0 Å². The third kappa shape index (κ3) is 4.80. The molecule has 3 aromatic rings. The Balaban J connectivity index is 1.18. The number of ether oxygens (including phenoxy) is 3. The van der Waals surface area contributed by atoms with Crippen LogP contribution in [0.3, 0.4) is 0 Å². The van der Waals surface area contributed by atoms with Crippen molar-refractivity contribution in [3.05, 3.63) is 54.2 Å². The molecule has 2 aromatic carbocycles. The van der Waals surface area contributed by atoms with Crippen molar-refractivity contribution in [3.8, 4) is 17.2 Å². The second-order valence-corrected chi connectivity index (χ2v) is 9.21. The molecule has 7 nitrogen and oxygen atoms in total. The number of carbonyl (C=O) groups is 1. The van der Waals surface area contributed by atoms with Crippen molar-refractivity contribution in [3.63, 3.8) is 0 Å². The van der Waals surface area contributed by atoms with Gasteiger partial charge >= 0.3 is 0 Å². The number of aliphatic hydroxyl groups is 1. The minimum absolute atomic E-state index is 0.00838. The van der Waals surface area contributed by atoms with E-state index in [4.69, 9.17) is 14.2 Å². The van der Waals surface area contributed by atoms with Gasteiger partial charge in [-0.25, -0.2) is 0 Å². The Morgan fingerprint density at radius 3 is 2.74 bits per heavy atom. The van der Waals surface area contributed by atoms with Gasteiger partial charge < -0.3 is 24.6 Å². The molecular weight excluding hydrogens is 432 g/mol. The highest BCUT2D eigenvalue weighted by atomic mass is 16.6. The summed E-state index contributed by atoms with van der Waals surface area (Å²) in [4.78, 5) is 17.3. The van der Waals surface area contributed by atoms with Gasteiger partial charge in [-0.3, -0.25) is 9.78 Å². The Labute approximate surface area is 199 Å². The van der Waals surface area contributed by atoms with Crippen LogP contribution in [0.1, 0.15) is 37.7 Å². The van der Waals surface area contributed by atoms with E-state index in [0.717, 1.165) is 28.6 Å². The van der Waals surface area contributed by atoms with Crippen LogP contribution in [0.4, 0.5) is 5.69 Å². The number of nitrogens with zero attached hydrogens (tertiary/aromatic N) is 1. The Kier molecular flexibility index (Phi) is 6.28. The molecule has 0 saturated heterocycles. The highest BCUT2D eigenvalue weighted by Gasteiger charge is 2.35. The highest BCUT2D eigenvalue weighted by Crippen LogP contribution is 2.37. The molecule has 7 heteroatoms. The van der Waals surface area contributed by atoms with Crippen molar-refractivity contribution in [1.29, 1.82) is 0 Å². The lowest BCUT2D eigenvalue weighted by Gasteiger charge is -2.35. The number of hydrogen-bond acceptors (Lipinski definition) is 6. The van der Waals surface area contributed by atoms with E-state index in [1.807, 2.05) is 30.3 Å². The maximum atomic E-state index is 12.8. The number of aromatic nitrogens is 1. The van der Waals surface area contributed by atoms with E-state index in [9.17, 15) is 9.90 Å². The van der Waals surface area contributed by atoms with Crippen LogP contribution >= 0.6 is 0 Å². The zero-order valence-electron chi connectivity index (χ0n) is 19.4. The number of aryl methyl sites for hydroxylation is 1. The summed E-state index contributed by atoms with van der Waals surface area (Å²) in [5.74, 6) is 1.96. The van der Waals surface area contributed by atoms with Crippen LogP contribution in [-0.4, -0.2) is 41.9 Å². The SMILES string of the molecule is COc1cnc2cccc(CC[C@]3(O)CC[C@@H](C(=O)Nc4ccc5c(c4)OCCO5)CC3)c2c1. The summed E-state index contributed by atoms with van der Waals surface area (Å²) in [5, 5.41) is 15.3. The van der Waals surface area contributed by atoms with Crippen molar-refractivity contribution in [2.24, 2.45) is 5.92 Å². The molecule has 0 spiro atoms. The monoisotopic (exact) mass is 462 g/mol. The number of amides is 1. The molecule has 0 bridgehead atoms. The number of carbonyl (C=O) groups excluding carboxylic acids is 1. The van der Waals surface area contributed by atoms with Gasteiger partial charge in [0.2, 0.25) is 5.91 Å². The highest BCUT2D eigenvalue weighted by molar-refractivity contribution is 5.93. The summed E-state index contributed by atoms with van der Waals surface area (Å²) < 4.78 is 16.5. The number of hydrogen-bond donors (Lipinski definition) is 2. The van der Waals surface area contributed by atoms with Gasteiger partial charge in [-0.05, 0) is 68.4 Å². The average molecular weight is 463 g/mol. The lowest BCUT2D eigenvalue weighted by atomic mass is 9.75. The third-order valence-electron chi connectivity index (χ3n) is 6.98. The van der Waals surface area contributed by atoms with E-state index in [1.165, 1.54) is 0 Å². The lowest BCUT2D eigenvalue weighted by molar-refractivity contribution is -0.122. The van der Waals surface area contributed by atoms with Crippen LogP contribution in [0.25, 0.3) is 10.9 Å². The van der Waals surface area contributed by atoms with Gasteiger partial charge in [0.05, 0.1) is 24.4 Å². The topological polar surface area (TPSA) is 89.9 Å². The summed E-state index contributed by atoms with van der Waals surface area (Å²) in [6.07, 6.45) is 5.67. The van der Waals surface area contributed by atoms with E-state index in [1.54, 1.807) is 19.4 Å². The Morgan fingerprint density at radius 2 is 1.94 bits per heavy atom. The zero-order valence-corrected chi connectivity index (χ0v) is 19.4. The van der Waals surface area contributed by atoms with Crippen LogP contribution in [0.5, 0.6) is 17.2 Å². The Bertz CT molecular complexity index is 1190. The van der Waals surface area contributed by atoms with Gasteiger partial charge in [-0.1, -0.05) is 12.1 Å². The normalized spacial score (nSPS) is 21.8. The van der Waals surface area contributed by atoms with Crippen LogP contribution in [0.15, 0.2) is 48.7 Å². The molecule has 0 atom stereocenters. The standard InChI is InChI=1S/C27H30N2O5/c1-32-21-16-22-18(3-2-4-23(22)28-17-21)7-10-27(31)11-8-19(9-12-27)26(30)29-20-5-6-24-25(15-20)34-14-13-33-24/h2-6,15-17,19,31H,7-14H2,1H3,(H,29,30)/t19-,27+. The van der Waals surface area contributed by atoms with Crippen molar-refractivity contribution >= 4 is 22.5 Å². The first-order valence-electron chi connectivity index (χ1n) is 11.9. The molecule has 2 heterocycles. The van der Waals surface area contributed by atoms with Crippen LogP contribution in [-0.2, 0) is 11.2 Å². The summed E-state index contributed by atoms with van der Waals surface area (Å²) in [6.45, 7) is 1.05. The summed E-state index contributed by atoms with van der Waals surface area (Å²) in [7, 11) is 1.64. The summed E-state index contributed by atoms with van der Waals surface area (Å²) in [6, 6.07) is 13.5. The lowest BCUT2D eigenvalue weighted by Crippen LogP contribution is -2.38. The first kappa shape index (κ1) is 22.5.